The first-order chi connectivity index (χ1) is 11.7. The Kier molecular flexibility index (Phi) is 9.94. The van der Waals surface area contributed by atoms with E-state index in [1.807, 2.05) is 12.1 Å². The molecule has 3 rings (SSSR count). The average Bonchev–Trinajstić information content (AvgIpc) is 3.02. The fraction of sp³-hybridized carbons (Fsp3) is 0.556. The number of halogens is 2. The third kappa shape index (κ3) is 6.43. The molecule has 0 aliphatic carbocycles. The van der Waals surface area contributed by atoms with Crippen LogP contribution in [0.3, 0.4) is 0 Å². The maximum Gasteiger partial charge on any atom is 0.220 e. The van der Waals surface area contributed by atoms with Crippen LogP contribution in [0, 0.1) is 6.92 Å². The normalized spacial score (nSPS) is 14.5. The molecule has 1 aliphatic rings. The number of aromatic amines is 1. The summed E-state index contributed by atoms with van der Waals surface area (Å²) in [6, 6.07) is 6.10. The van der Waals surface area contributed by atoms with Crippen molar-refractivity contribution >= 4 is 41.8 Å². The quantitative estimate of drug-likeness (QED) is 0.620. The van der Waals surface area contributed by atoms with Crippen molar-refractivity contribution in [1.29, 1.82) is 0 Å². The van der Waals surface area contributed by atoms with E-state index in [2.05, 4.69) is 38.5 Å². The lowest BCUT2D eigenvalue weighted by molar-refractivity contribution is -0.121. The third-order valence-electron chi connectivity index (χ3n) is 4.54. The van der Waals surface area contributed by atoms with Gasteiger partial charge in [0.15, 0.2) is 0 Å². The molecule has 0 spiro atoms. The first kappa shape index (κ1) is 22.7. The van der Waals surface area contributed by atoms with E-state index < -0.39 is 0 Å². The number of fused-ring (bicyclic) bond motifs is 1. The van der Waals surface area contributed by atoms with E-state index in [1.165, 1.54) is 0 Å². The summed E-state index contributed by atoms with van der Waals surface area (Å²) in [5.74, 6) is 0.989. The van der Waals surface area contributed by atoms with Crippen molar-refractivity contribution in [2.75, 3.05) is 39.3 Å². The van der Waals surface area contributed by atoms with Crippen LogP contribution < -0.4 is 10.6 Å². The van der Waals surface area contributed by atoms with E-state index in [9.17, 15) is 4.79 Å². The lowest BCUT2D eigenvalue weighted by atomic mass is 10.2. The Labute approximate surface area is 167 Å². The maximum atomic E-state index is 12.0. The molecule has 1 aliphatic heterocycles. The van der Waals surface area contributed by atoms with Crippen molar-refractivity contribution in [3.63, 3.8) is 0 Å². The Morgan fingerprint density at radius 1 is 1.27 bits per heavy atom. The summed E-state index contributed by atoms with van der Waals surface area (Å²) >= 11 is 0. The molecular weight excluding hydrogens is 373 g/mol. The van der Waals surface area contributed by atoms with Gasteiger partial charge in [-0.3, -0.25) is 4.79 Å². The van der Waals surface area contributed by atoms with Gasteiger partial charge in [-0.05, 0) is 31.5 Å². The van der Waals surface area contributed by atoms with Crippen LogP contribution in [-0.2, 0) is 11.2 Å². The maximum absolute atomic E-state index is 12.0. The molecule has 2 heterocycles. The number of aromatic nitrogens is 2. The number of imidazole rings is 1. The largest absolute Gasteiger partial charge is 0.356 e. The summed E-state index contributed by atoms with van der Waals surface area (Å²) < 4.78 is 0. The van der Waals surface area contributed by atoms with Crippen LogP contribution in [0.25, 0.3) is 11.0 Å². The van der Waals surface area contributed by atoms with Crippen LogP contribution in [-0.4, -0.2) is 60.0 Å². The molecule has 1 fully saturated rings. The van der Waals surface area contributed by atoms with E-state index in [0.29, 0.717) is 12.8 Å². The van der Waals surface area contributed by atoms with Gasteiger partial charge in [0.2, 0.25) is 5.91 Å². The first-order valence-electron chi connectivity index (χ1n) is 8.86. The van der Waals surface area contributed by atoms with Gasteiger partial charge < -0.3 is 20.5 Å². The van der Waals surface area contributed by atoms with Gasteiger partial charge in [-0.2, -0.15) is 0 Å². The molecule has 26 heavy (non-hydrogen) atoms. The first-order valence-corrected chi connectivity index (χ1v) is 8.86. The predicted molar refractivity (Wildman–Crippen MR) is 111 cm³/mol. The standard InChI is InChI=1S/C18H27N5O.2ClH/c1-14-4-2-5-15-18(14)22-16(21-15)6-7-17(24)20-8-3-11-23-12-9-19-10-13-23;;/h2,4-5,19H,3,6-13H2,1H3,(H,20,24)(H,21,22);2*1H. The molecule has 8 heteroatoms. The highest BCUT2D eigenvalue weighted by Crippen LogP contribution is 2.16. The number of hydrogen-bond acceptors (Lipinski definition) is 4. The highest BCUT2D eigenvalue weighted by molar-refractivity contribution is 5.85. The van der Waals surface area contributed by atoms with E-state index in [4.69, 9.17) is 0 Å². The zero-order chi connectivity index (χ0) is 16.8. The van der Waals surface area contributed by atoms with Gasteiger partial charge in [0.05, 0.1) is 11.0 Å². The van der Waals surface area contributed by atoms with E-state index in [1.54, 1.807) is 0 Å². The number of H-pyrrole nitrogens is 1. The molecule has 1 aromatic carbocycles. The van der Waals surface area contributed by atoms with Gasteiger partial charge in [0.25, 0.3) is 0 Å². The SMILES string of the molecule is Cc1cccc2[nH]c(CCC(=O)NCCCN3CCNCC3)nc12.Cl.Cl. The summed E-state index contributed by atoms with van der Waals surface area (Å²) in [6.45, 7) is 8.23. The van der Waals surface area contributed by atoms with Crippen molar-refractivity contribution < 1.29 is 4.79 Å². The molecule has 0 radical (unpaired) electrons. The van der Waals surface area contributed by atoms with Gasteiger partial charge in [-0.15, -0.1) is 24.8 Å². The molecule has 6 nitrogen and oxygen atoms in total. The number of nitrogens with zero attached hydrogens (tertiary/aromatic N) is 2. The Morgan fingerprint density at radius 2 is 2.04 bits per heavy atom. The minimum Gasteiger partial charge on any atom is -0.356 e. The molecule has 3 N–H and O–H groups in total. The van der Waals surface area contributed by atoms with E-state index in [-0.39, 0.29) is 30.7 Å². The number of nitrogens with one attached hydrogen (secondary N) is 3. The number of rotatable bonds is 7. The minimum absolute atomic E-state index is 0. The molecule has 1 aromatic heterocycles. The van der Waals surface area contributed by atoms with Crippen LogP contribution in [0.4, 0.5) is 0 Å². The van der Waals surface area contributed by atoms with Gasteiger partial charge in [0.1, 0.15) is 5.82 Å². The Balaban J connectivity index is 0.00000169. The molecule has 0 unspecified atom stereocenters. The number of carbonyl (C=O) groups is 1. The number of carbonyl (C=O) groups excluding carboxylic acids is 1. The summed E-state index contributed by atoms with van der Waals surface area (Å²) in [6.07, 6.45) is 2.14. The average molecular weight is 402 g/mol. The molecule has 2 aromatic rings. The second-order valence-corrected chi connectivity index (χ2v) is 6.45. The van der Waals surface area contributed by atoms with Gasteiger partial charge in [-0.25, -0.2) is 4.98 Å². The van der Waals surface area contributed by atoms with Gasteiger partial charge in [0, 0.05) is 45.6 Å². The topological polar surface area (TPSA) is 73.1 Å². The molecule has 0 bridgehead atoms. The van der Waals surface area contributed by atoms with Crippen LogP contribution in [0.5, 0.6) is 0 Å². The molecule has 1 saturated heterocycles. The molecule has 0 atom stereocenters. The lowest BCUT2D eigenvalue weighted by Crippen LogP contribution is -2.44. The zero-order valence-electron chi connectivity index (χ0n) is 15.2. The van der Waals surface area contributed by atoms with E-state index >= 15 is 0 Å². The fourth-order valence-electron chi connectivity index (χ4n) is 3.13. The van der Waals surface area contributed by atoms with Crippen molar-refractivity contribution in [1.82, 2.24) is 25.5 Å². The Morgan fingerprint density at radius 3 is 2.77 bits per heavy atom. The third-order valence-corrected chi connectivity index (χ3v) is 4.54. The van der Waals surface area contributed by atoms with Crippen LogP contribution in [0.1, 0.15) is 24.2 Å². The van der Waals surface area contributed by atoms with Crippen LogP contribution >= 0.6 is 24.8 Å². The predicted octanol–water partition coefficient (Wildman–Crippen LogP) is 2.06. The number of para-hydroxylation sites is 1. The summed E-state index contributed by atoms with van der Waals surface area (Å²) in [7, 11) is 0. The number of hydrogen-bond donors (Lipinski definition) is 3. The van der Waals surface area contributed by atoms with Gasteiger partial charge in [-0.1, -0.05) is 12.1 Å². The summed E-state index contributed by atoms with van der Waals surface area (Å²) in [5.41, 5.74) is 3.21. The summed E-state index contributed by atoms with van der Waals surface area (Å²) in [4.78, 5) is 22.3. The lowest BCUT2D eigenvalue weighted by Gasteiger charge is -2.27. The fourth-order valence-corrected chi connectivity index (χ4v) is 3.13. The Bertz CT molecular complexity index is 685. The highest BCUT2D eigenvalue weighted by atomic mass is 35.5. The molecule has 1 amide bonds. The smallest absolute Gasteiger partial charge is 0.220 e. The second kappa shape index (κ2) is 11.4. The highest BCUT2D eigenvalue weighted by Gasteiger charge is 2.10. The molecular formula is C18H29Cl2N5O. The van der Waals surface area contributed by atoms with Crippen LogP contribution in [0.2, 0.25) is 0 Å². The Hall–Kier alpha value is -1.34. The number of amides is 1. The van der Waals surface area contributed by atoms with Crippen molar-refractivity contribution in [2.24, 2.45) is 0 Å². The van der Waals surface area contributed by atoms with Crippen LogP contribution in [0.15, 0.2) is 18.2 Å². The zero-order valence-corrected chi connectivity index (χ0v) is 16.8. The minimum atomic E-state index is 0. The molecule has 146 valence electrons. The number of benzene rings is 1. The number of piperazine rings is 1. The van der Waals surface area contributed by atoms with E-state index in [0.717, 1.165) is 68.1 Å². The second-order valence-electron chi connectivity index (χ2n) is 6.45. The number of aryl methyl sites for hydroxylation is 2. The van der Waals surface area contributed by atoms with Gasteiger partial charge >= 0.3 is 0 Å². The van der Waals surface area contributed by atoms with Crippen molar-refractivity contribution in [3.05, 3.63) is 29.6 Å². The summed E-state index contributed by atoms with van der Waals surface area (Å²) in [5, 5.41) is 6.36. The molecule has 0 saturated carbocycles. The monoisotopic (exact) mass is 401 g/mol. The van der Waals surface area contributed by atoms with Crippen molar-refractivity contribution in [2.45, 2.75) is 26.2 Å². The van der Waals surface area contributed by atoms with Crippen molar-refractivity contribution in [3.8, 4) is 0 Å².